The second-order valence-corrected chi connectivity index (χ2v) is 5.85. The second kappa shape index (κ2) is 7.74. The number of para-hydroxylation sites is 1. The fourth-order valence-corrected chi connectivity index (χ4v) is 2.33. The highest BCUT2D eigenvalue weighted by molar-refractivity contribution is 5.91. The number of nitrogens with one attached hydrogen (secondary N) is 1. The van der Waals surface area contributed by atoms with Crippen LogP contribution in [-0.2, 0) is 4.79 Å². The van der Waals surface area contributed by atoms with Crippen molar-refractivity contribution in [3.05, 3.63) is 71.7 Å². The van der Waals surface area contributed by atoms with Crippen molar-refractivity contribution in [3.63, 3.8) is 0 Å². The van der Waals surface area contributed by atoms with Crippen molar-refractivity contribution in [3.8, 4) is 17.3 Å². The van der Waals surface area contributed by atoms with Crippen LogP contribution in [0.25, 0.3) is 11.4 Å². The van der Waals surface area contributed by atoms with Crippen molar-refractivity contribution >= 4 is 11.6 Å². The van der Waals surface area contributed by atoms with E-state index < -0.39 is 11.7 Å². The van der Waals surface area contributed by atoms with Crippen molar-refractivity contribution in [2.75, 3.05) is 11.9 Å². The number of carbonyl (C=O) groups is 1. The summed E-state index contributed by atoms with van der Waals surface area (Å²) in [6.45, 7) is 3.55. The topological polar surface area (TPSA) is 64.1 Å². The number of aryl methyl sites for hydroxylation is 2. The predicted molar refractivity (Wildman–Crippen MR) is 97.5 cm³/mol. The number of anilines is 1. The maximum atomic E-state index is 13.6. The van der Waals surface area contributed by atoms with E-state index in [1.165, 1.54) is 12.1 Å². The molecular formula is C20H18FN3O2. The van der Waals surface area contributed by atoms with E-state index in [0.29, 0.717) is 5.82 Å². The van der Waals surface area contributed by atoms with Gasteiger partial charge in [-0.1, -0.05) is 42.0 Å². The minimum atomic E-state index is -0.500. The summed E-state index contributed by atoms with van der Waals surface area (Å²) in [6.07, 6.45) is 0. The van der Waals surface area contributed by atoms with Crippen LogP contribution in [0.3, 0.4) is 0 Å². The van der Waals surface area contributed by atoms with Crippen LogP contribution < -0.4 is 10.1 Å². The number of carbonyl (C=O) groups excluding carboxylic acids is 1. The van der Waals surface area contributed by atoms with Gasteiger partial charge in [0.2, 0.25) is 5.88 Å². The van der Waals surface area contributed by atoms with Crippen LogP contribution >= 0.6 is 0 Å². The number of ether oxygens (including phenoxy) is 1. The number of nitrogens with zero attached hydrogens (tertiary/aromatic N) is 2. The molecule has 26 heavy (non-hydrogen) atoms. The van der Waals surface area contributed by atoms with Crippen molar-refractivity contribution in [2.24, 2.45) is 0 Å². The van der Waals surface area contributed by atoms with Crippen molar-refractivity contribution < 1.29 is 13.9 Å². The van der Waals surface area contributed by atoms with Gasteiger partial charge in [0.15, 0.2) is 12.4 Å². The quantitative estimate of drug-likeness (QED) is 0.757. The van der Waals surface area contributed by atoms with Gasteiger partial charge in [0.25, 0.3) is 5.91 Å². The smallest absolute Gasteiger partial charge is 0.262 e. The first kappa shape index (κ1) is 17.5. The number of amides is 1. The lowest BCUT2D eigenvalue weighted by Crippen LogP contribution is -2.21. The van der Waals surface area contributed by atoms with Crippen LogP contribution in [0, 0.1) is 19.7 Å². The molecule has 0 saturated carbocycles. The molecular weight excluding hydrogens is 333 g/mol. The number of hydrogen-bond donors (Lipinski definition) is 1. The van der Waals surface area contributed by atoms with E-state index in [-0.39, 0.29) is 18.2 Å². The summed E-state index contributed by atoms with van der Waals surface area (Å²) < 4.78 is 19.0. The van der Waals surface area contributed by atoms with Gasteiger partial charge in [0.1, 0.15) is 5.82 Å². The molecule has 2 aromatic carbocycles. The Morgan fingerprint density at radius 3 is 2.54 bits per heavy atom. The highest BCUT2D eigenvalue weighted by atomic mass is 19.1. The lowest BCUT2D eigenvalue weighted by atomic mass is 10.1. The standard InChI is InChI=1S/C20H18FN3O2/c1-13-7-9-15(10-8-13)20-22-14(2)11-19(24-20)26-12-18(25)23-17-6-4-3-5-16(17)21/h3-11H,12H2,1-2H3,(H,23,25). The molecule has 1 heterocycles. The zero-order chi connectivity index (χ0) is 18.5. The van der Waals surface area contributed by atoms with E-state index in [1.54, 1.807) is 18.2 Å². The number of rotatable bonds is 5. The van der Waals surface area contributed by atoms with Gasteiger partial charge in [-0.3, -0.25) is 4.79 Å². The Hall–Kier alpha value is -3.28. The third-order valence-electron chi connectivity index (χ3n) is 3.64. The molecule has 1 amide bonds. The summed E-state index contributed by atoms with van der Waals surface area (Å²) in [6, 6.07) is 15.4. The molecule has 0 radical (unpaired) electrons. The third-order valence-corrected chi connectivity index (χ3v) is 3.64. The molecule has 1 aromatic heterocycles. The molecule has 0 unspecified atom stereocenters. The average Bonchev–Trinajstić information content (AvgIpc) is 2.62. The Morgan fingerprint density at radius 2 is 1.81 bits per heavy atom. The second-order valence-electron chi connectivity index (χ2n) is 5.85. The van der Waals surface area contributed by atoms with Gasteiger partial charge >= 0.3 is 0 Å². The highest BCUT2D eigenvalue weighted by Gasteiger charge is 2.10. The van der Waals surface area contributed by atoms with E-state index in [0.717, 1.165) is 16.8 Å². The molecule has 0 aliphatic rings. The van der Waals surface area contributed by atoms with E-state index in [2.05, 4.69) is 15.3 Å². The summed E-state index contributed by atoms with van der Waals surface area (Å²) in [5, 5.41) is 2.47. The zero-order valence-corrected chi connectivity index (χ0v) is 14.5. The van der Waals surface area contributed by atoms with Crippen LogP contribution in [0.1, 0.15) is 11.3 Å². The Kier molecular flexibility index (Phi) is 5.22. The Bertz CT molecular complexity index is 927. The minimum absolute atomic E-state index is 0.111. The first-order chi connectivity index (χ1) is 12.5. The summed E-state index contributed by atoms with van der Waals surface area (Å²) >= 11 is 0. The van der Waals surface area contributed by atoms with E-state index in [1.807, 2.05) is 38.1 Å². The third kappa shape index (κ3) is 4.42. The van der Waals surface area contributed by atoms with Gasteiger partial charge in [0, 0.05) is 17.3 Å². The molecule has 0 atom stereocenters. The largest absolute Gasteiger partial charge is 0.467 e. The molecule has 1 N–H and O–H groups in total. The number of hydrogen-bond acceptors (Lipinski definition) is 4. The Balaban J connectivity index is 1.69. The first-order valence-corrected chi connectivity index (χ1v) is 8.11. The van der Waals surface area contributed by atoms with Gasteiger partial charge in [-0.25, -0.2) is 9.37 Å². The minimum Gasteiger partial charge on any atom is -0.467 e. The summed E-state index contributed by atoms with van der Waals surface area (Å²) in [5.41, 5.74) is 2.84. The van der Waals surface area contributed by atoms with Crippen molar-refractivity contribution in [2.45, 2.75) is 13.8 Å². The lowest BCUT2D eigenvalue weighted by Gasteiger charge is -2.09. The molecule has 0 fully saturated rings. The van der Waals surface area contributed by atoms with Gasteiger partial charge in [-0.05, 0) is 26.0 Å². The average molecular weight is 351 g/mol. The van der Waals surface area contributed by atoms with Crippen molar-refractivity contribution in [1.29, 1.82) is 0 Å². The SMILES string of the molecule is Cc1ccc(-c2nc(C)cc(OCC(=O)Nc3ccccc3F)n2)cc1. The summed E-state index contributed by atoms with van der Waals surface area (Å²) in [5.74, 6) is -0.157. The van der Waals surface area contributed by atoms with Gasteiger partial charge in [-0.2, -0.15) is 4.98 Å². The maximum Gasteiger partial charge on any atom is 0.262 e. The molecule has 3 aromatic rings. The number of benzene rings is 2. The maximum absolute atomic E-state index is 13.6. The lowest BCUT2D eigenvalue weighted by molar-refractivity contribution is -0.118. The molecule has 0 saturated heterocycles. The van der Waals surface area contributed by atoms with Crippen LogP contribution in [0.4, 0.5) is 10.1 Å². The Labute approximate surface area is 150 Å². The molecule has 0 aliphatic heterocycles. The molecule has 132 valence electrons. The monoisotopic (exact) mass is 351 g/mol. The molecule has 0 bridgehead atoms. The molecule has 0 aliphatic carbocycles. The predicted octanol–water partition coefficient (Wildman–Crippen LogP) is 3.92. The molecule has 0 spiro atoms. The number of aromatic nitrogens is 2. The molecule has 6 heteroatoms. The summed E-state index contributed by atoms with van der Waals surface area (Å²) in [7, 11) is 0. The highest BCUT2D eigenvalue weighted by Crippen LogP contribution is 2.19. The van der Waals surface area contributed by atoms with Crippen LogP contribution in [0.15, 0.2) is 54.6 Å². The molecule has 3 rings (SSSR count). The number of halogens is 1. The zero-order valence-electron chi connectivity index (χ0n) is 14.5. The van der Waals surface area contributed by atoms with Crippen LogP contribution in [0.5, 0.6) is 5.88 Å². The van der Waals surface area contributed by atoms with Crippen molar-refractivity contribution in [1.82, 2.24) is 9.97 Å². The fraction of sp³-hybridized carbons (Fsp3) is 0.150. The molecule has 5 nitrogen and oxygen atoms in total. The normalized spacial score (nSPS) is 10.4. The fourth-order valence-electron chi connectivity index (χ4n) is 2.33. The van der Waals surface area contributed by atoms with Crippen LogP contribution in [0.2, 0.25) is 0 Å². The van der Waals surface area contributed by atoms with Gasteiger partial charge < -0.3 is 10.1 Å². The van der Waals surface area contributed by atoms with Gasteiger partial charge in [-0.15, -0.1) is 0 Å². The van der Waals surface area contributed by atoms with E-state index in [4.69, 9.17) is 4.74 Å². The van der Waals surface area contributed by atoms with E-state index >= 15 is 0 Å². The van der Waals surface area contributed by atoms with Gasteiger partial charge in [0.05, 0.1) is 5.69 Å². The summed E-state index contributed by atoms with van der Waals surface area (Å²) in [4.78, 5) is 20.7. The first-order valence-electron chi connectivity index (χ1n) is 8.11. The van der Waals surface area contributed by atoms with E-state index in [9.17, 15) is 9.18 Å². The van der Waals surface area contributed by atoms with Crippen LogP contribution in [-0.4, -0.2) is 22.5 Å². The Morgan fingerprint density at radius 1 is 1.08 bits per heavy atom.